The van der Waals surface area contributed by atoms with Crippen LogP contribution in [-0.2, 0) is 6.42 Å². The molecule has 0 bridgehead atoms. The molecule has 0 N–H and O–H groups in total. The van der Waals surface area contributed by atoms with Gasteiger partial charge in [-0.15, -0.1) is 0 Å². The molecule has 2 aromatic rings. The van der Waals surface area contributed by atoms with E-state index in [1.165, 1.54) is 6.07 Å². The molecule has 1 aromatic carbocycles. The van der Waals surface area contributed by atoms with Crippen molar-refractivity contribution in [2.24, 2.45) is 5.92 Å². The molecule has 28 heavy (non-hydrogen) atoms. The molecule has 0 spiro atoms. The third-order valence-electron chi connectivity index (χ3n) is 5.26. The number of hydrogen-bond acceptors (Lipinski definition) is 5. The van der Waals surface area contributed by atoms with E-state index >= 15 is 0 Å². The Balaban J connectivity index is 2.51. The lowest BCUT2D eigenvalue weighted by atomic mass is 9.88. The summed E-state index contributed by atoms with van der Waals surface area (Å²) >= 11 is 0. The zero-order chi connectivity index (χ0) is 20.6. The summed E-state index contributed by atoms with van der Waals surface area (Å²) in [4.78, 5) is 25.6. The molecule has 3 rings (SSSR count). The molecule has 0 amide bonds. The molecular formula is C23H28O5. The van der Waals surface area contributed by atoms with Crippen LogP contribution in [0.2, 0.25) is 0 Å². The van der Waals surface area contributed by atoms with E-state index in [-0.39, 0.29) is 11.7 Å². The predicted octanol–water partition coefficient (Wildman–Crippen LogP) is 5.17. The van der Waals surface area contributed by atoms with E-state index in [1.54, 1.807) is 7.11 Å². The Morgan fingerprint density at radius 3 is 2.61 bits per heavy atom. The number of benzene rings is 1. The van der Waals surface area contributed by atoms with Crippen molar-refractivity contribution >= 4 is 22.8 Å². The zero-order valence-corrected chi connectivity index (χ0v) is 17.5. The molecule has 1 aromatic heterocycles. The Kier molecular flexibility index (Phi) is 5.37. The summed E-state index contributed by atoms with van der Waals surface area (Å²) in [6.07, 6.45) is 6.04. The van der Waals surface area contributed by atoms with Crippen molar-refractivity contribution < 1.29 is 18.7 Å². The molecule has 5 nitrogen and oxygen atoms in total. The number of fused-ring (bicyclic) bond motifs is 3. The summed E-state index contributed by atoms with van der Waals surface area (Å²) in [6.45, 7) is 9.77. The highest BCUT2D eigenvalue weighted by Gasteiger charge is 2.34. The predicted molar refractivity (Wildman–Crippen MR) is 111 cm³/mol. The maximum absolute atomic E-state index is 13.3. The van der Waals surface area contributed by atoms with E-state index in [4.69, 9.17) is 13.9 Å². The van der Waals surface area contributed by atoms with Gasteiger partial charge in [0.1, 0.15) is 22.7 Å². The number of methoxy groups -OCH3 is 1. The van der Waals surface area contributed by atoms with Crippen molar-refractivity contribution in [1.82, 2.24) is 0 Å². The summed E-state index contributed by atoms with van der Waals surface area (Å²) < 4.78 is 17.6. The van der Waals surface area contributed by atoms with Crippen molar-refractivity contribution in [3.63, 3.8) is 0 Å². The summed E-state index contributed by atoms with van der Waals surface area (Å²) in [5, 5.41) is 0.683. The van der Waals surface area contributed by atoms with Crippen LogP contribution in [0.1, 0.15) is 68.9 Å². The van der Waals surface area contributed by atoms with Gasteiger partial charge in [0.25, 0.3) is 0 Å². The third kappa shape index (κ3) is 3.34. The summed E-state index contributed by atoms with van der Waals surface area (Å²) in [5.74, 6) is 0.645. The first-order valence-electron chi connectivity index (χ1n) is 9.87. The molecular weight excluding hydrogens is 356 g/mol. The second kappa shape index (κ2) is 7.46. The number of carbonyl (C=O) groups is 1. The second-order valence-electron chi connectivity index (χ2n) is 7.91. The maximum Gasteiger partial charge on any atom is 0.336 e. The average Bonchev–Trinajstić information content (AvgIpc) is 2.64. The number of rotatable bonds is 6. The lowest BCUT2D eigenvalue weighted by Crippen LogP contribution is -2.29. The highest BCUT2D eigenvalue weighted by Crippen LogP contribution is 2.47. The number of Topliss-reactive ketones (excluding diaryl/α,β-unsaturated/α-hetero) is 1. The summed E-state index contributed by atoms with van der Waals surface area (Å²) in [7, 11) is 1.54. The number of hydrogen-bond donors (Lipinski definition) is 0. The fourth-order valence-electron chi connectivity index (χ4n) is 3.61. The molecule has 0 radical (unpaired) electrons. The normalized spacial score (nSPS) is 15.8. The first-order valence-corrected chi connectivity index (χ1v) is 9.87. The minimum absolute atomic E-state index is 0.0303. The van der Waals surface area contributed by atoms with Crippen molar-refractivity contribution in [2.45, 2.75) is 59.5 Å². The number of ketones is 1. The fraction of sp³-hybridized carbons (Fsp3) is 0.478. The first-order chi connectivity index (χ1) is 13.2. The molecule has 1 unspecified atom stereocenters. The Morgan fingerprint density at radius 2 is 2.00 bits per heavy atom. The highest BCUT2D eigenvalue weighted by atomic mass is 16.5. The van der Waals surface area contributed by atoms with Gasteiger partial charge in [-0.25, -0.2) is 4.79 Å². The minimum Gasteiger partial charge on any atom is -0.495 e. The summed E-state index contributed by atoms with van der Waals surface area (Å²) in [6, 6.07) is 1.50. The number of carbonyl (C=O) groups excluding carboxylic acids is 1. The van der Waals surface area contributed by atoms with Gasteiger partial charge < -0.3 is 13.9 Å². The average molecular weight is 384 g/mol. The van der Waals surface area contributed by atoms with Gasteiger partial charge in [-0.05, 0) is 44.4 Å². The van der Waals surface area contributed by atoms with Crippen molar-refractivity contribution in [2.75, 3.05) is 7.11 Å². The van der Waals surface area contributed by atoms with Crippen LogP contribution in [0.4, 0.5) is 0 Å². The van der Waals surface area contributed by atoms with Crippen LogP contribution in [0.3, 0.4) is 0 Å². The molecule has 1 atom stereocenters. The number of aryl methyl sites for hydroxylation is 1. The minimum atomic E-state index is -0.586. The van der Waals surface area contributed by atoms with Crippen LogP contribution in [0.5, 0.6) is 11.5 Å². The van der Waals surface area contributed by atoms with Gasteiger partial charge in [0.05, 0.1) is 18.1 Å². The second-order valence-corrected chi connectivity index (χ2v) is 7.91. The molecule has 1 aliphatic heterocycles. The van der Waals surface area contributed by atoms with E-state index in [2.05, 4.69) is 0 Å². The van der Waals surface area contributed by atoms with E-state index in [0.29, 0.717) is 46.4 Å². The van der Waals surface area contributed by atoms with Crippen LogP contribution in [0, 0.1) is 5.92 Å². The van der Waals surface area contributed by atoms with Crippen LogP contribution in [0.25, 0.3) is 17.0 Å². The standard InChI is InChI=1S/C23H28O5/c1-7-9-14-12-16(24)27-20-15-10-11-23(4,5)28-21(15)18(19(25)13(3)8-2)22(26-6)17(14)20/h10-13H,7-9H2,1-6H3. The van der Waals surface area contributed by atoms with E-state index in [0.717, 1.165) is 12.0 Å². The molecule has 5 heteroatoms. The molecule has 150 valence electrons. The summed E-state index contributed by atoms with van der Waals surface area (Å²) in [5.41, 5.74) is 1.29. The van der Waals surface area contributed by atoms with Crippen LogP contribution < -0.4 is 15.1 Å². The largest absolute Gasteiger partial charge is 0.495 e. The molecule has 2 heterocycles. The Bertz CT molecular complexity index is 1010. The van der Waals surface area contributed by atoms with Crippen LogP contribution >= 0.6 is 0 Å². The monoisotopic (exact) mass is 384 g/mol. The topological polar surface area (TPSA) is 65.7 Å². The third-order valence-corrected chi connectivity index (χ3v) is 5.26. The fourth-order valence-corrected chi connectivity index (χ4v) is 3.61. The van der Waals surface area contributed by atoms with Gasteiger partial charge in [-0.3, -0.25) is 4.79 Å². The Labute approximate surface area is 165 Å². The molecule has 0 aliphatic carbocycles. The Hall–Kier alpha value is -2.56. The maximum atomic E-state index is 13.3. The van der Waals surface area contributed by atoms with Crippen molar-refractivity contribution in [3.8, 4) is 11.5 Å². The van der Waals surface area contributed by atoms with Crippen molar-refractivity contribution in [3.05, 3.63) is 39.3 Å². The lowest BCUT2D eigenvalue weighted by Gasteiger charge is -2.31. The number of ether oxygens (including phenoxy) is 2. The van der Waals surface area contributed by atoms with E-state index < -0.39 is 11.2 Å². The van der Waals surface area contributed by atoms with Gasteiger partial charge in [0.15, 0.2) is 11.4 Å². The zero-order valence-electron chi connectivity index (χ0n) is 17.5. The highest BCUT2D eigenvalue weighted by molar-refractivity contribution is 6.11. The van der Waals surface area contributed by atoms with Gasteiger partial charge in [0.2, 0.25) is 0 Å². The van der Waals surface area contributed by atoms with E-state index in [9.17, 15) is 9.59 Å². The van der Waals surface area contributed by atoms with Gasteiger partial charge in [0, 0.05) is 12.0 Å². The van der Waals surface area contributed by atoms with Gasteiger partial charge in [-0.1, -0.05) is 27.2 Å². The van der Waals surface area contributed by atoms with Gasteiger partial charge in [-0.2, -0.15) is 0 Å². The SMILES string of the molecule is CCCc1cc(=O)oc2c3c(c(C(=O)C(C)CC)c(OC)c12)OC(C)(C)C=C3. The molecule has 0 saturated heterocycles. The lowest BCUT2D eigenvalue weighted by molar-refractivity contribution is 0.0911. The molecule has 1 aliphatic rings. The van der Waals surface area contributed by atoms with Crippen molar-refractivity contribution in [1.29, 1.82) is 0 Å². The molecule has 0 saturated carbocycles. The molecule has 0 fully saturated rings. The quantitative estimate of drug-likeness (QED) is 0.508. The van der Waals surface area contributed by atoms with Crippen LogP contribution in [-0.4, -0.2) is 18.5 Å². The smallest absolute Gasteiger partial charge is 0.336 e. The van der Waals surface area contributed by atoms with Crippen LogP contribution in [0.15, 0.2) is 21.4 Å². The van der Waals surface area contributed by atoms with Gasteiger partial charge >= 0.3 is 5.63 Å². The van der Waals surface area contributed by atoms with E-state index in [1.807, 2.05) is 46.8 Å². The Morgan fingerprint density at radius 1 is 1.29 bits per heavy atom. The first kappa shape index (κ1) is 20.2.